The van der Waals surface area contributed by atoms with Crippen LogP contribution >= 0.6 is 0 Å². The van der Waals surface area contributed by atoms with Crippen molar-refractivity contribution >= 4 is 5.91 Å². The molecule has 2 N–H and O–H groups in total. The van der Waals surface area contributed by atoms with Crippen molar-refractivity contribution in [2.45, 2.75) is 39.5 Å². The molecule has 0 atom stereocenters. The first kappa shape index (κ1) is 15.4. The molecule has 18 heavy (non-hydrogen) atoms. The lowest BCUT2D eigenvalue weighted by molar-refractivity contribution is -0.122. The van der Waals surface area contributed by atoms with Gasteiger partial charge in [-0.15, -0.1) is 0 Å². The molecule has 1 aliphatic heterocycles. The van der Waals surface area contributed by atoms with E-state index in [0.717, 1.165) is 58.5 Å². The topological polar surface area (TPSA) is 44.4 Å². The fraction of sp³-hybridized carbons (Fsp3) is 0.929. The molecule has 0 aromatic rings. The van der Waals surface area contributed by atoms with Gasteiger partial charge in [0.25, 0.3) is 0 Å². The Bertz CT molecular complexity index is 223. The Morgan fingerprint density at radius 3 is 2.56 bits per heavy atom. The molecule has 1 rings (SSSR count). The maximum absolute atomic E-state index is 11.7. The van der Waals surface area contributed by atoms with Crippen LogP contribution in [-0.2, 0) is 4.79 Å². The van der Waals surface area contributed by atoms with Gasteiger partial charge in [-0.05, 0) is 18.9 Å². The highest BCUT2D eigenvalue weighted by Gasteiger charge is 2.11. The van der Waals surface area contributed by atoms with Crippen molar-refractivity contribution in [3.05, 3.63) is 0 Å². The van der Waals surface area contributed by atoms with Gasteiger partial charge in [-0.3, -0.25) is 4.79 Å². The predicted molar refractivity (Wildman–Crippen MR) is 75.6 cm³/mol. The summed E-state index contributed by atoms with van der Waals surface area (Å²) in [5.74, 6) is 0.780. The fourth-order valence-corrected chi connectivity index (χ4v) is 2.38. The van der Waals surface area contributed by atoms with Crippen LogP contribution in [0.25, 0.3) is 0 Å². The van der Waals surface area contributed by atoms with Crippen molar-refractivity contribution in [3.8, 4) is 0 Å². The third-order valence-electron chi connectivity index (χ3n) is 3.81. The summed E-state index contributed by atoms with van der Waals surface area (Å²) in [5.41, 5.74) is 0. The summed E-state index contributed by atoms with van der Waals surface area (Å²) < 4.78 is 0. The molecule has 1 heterocycles. The molecule has 1 fully saturated rings. The molecule has 0 aromatic carbocycles. The summed E-state index contributed by atoms with van der Waals surface area (Å²) in [6.07, 6.45) is 3.96. The summed E-state index contributed by atoms with van der Waals surface area (Å²) >= 11 is 0. The zero-order chi connectivity index (χ0) is 13.2. The summed E-state index contributed by atoms with van der Waals surface area (Å²) in [7, 11) is 0. The van der Waals surface area contributed by atoms with Crippen LogP contribution in [0.4, 0.5) is 0 Å². The highest BCUT2D eigenvalue weighted by atomic mass is 16.1. The van der Waals surface area contributed by atoms with Crippen LogP contribution in [0.15, 0.2) is 0 Å². The van der Waals surface area contributed by atoms with E-state index >= 15 is 0 Å². The third-order valence-corrected chi connectivity index (χ3v) is 3.81. The van der Waals surface area contributed by atoms with Crippen LogP contribution < -0.4 is 10.6 Å². The highest BCUT2D eigenvalue weighted by Crippen LogP contribution is 2.11. The first-order chi connectivity index (χ1) is 8.76. The minimum atomic E-state index is 0.226. The number of carbonyl (C=O) groups excluding carboxylic acids is 1. The van der Waals surface area contributed by atoms with E-state index in [0.29, 0.717) is 12.3 Å². The van der Waals surface area contributed by atoms with E-state index in [4.69, 9.17) is 0 Å². The normalized spacial score (nSPS) is 17.1. The molecule has 1 saturated heterocycles. The monoisotopic (exact) mass is 255 g/mol. The predicted octanol–water partition coefficient (Wildman–Crippen LogP) is 1.22. The van der Waals surface area contributed by atoms with Crippen LogP contribution in [0.1, 0.15) is 39.5 Å². The second-order valence-corrected chi connectivity index (χ2v) is 5.18. The van der Waals surface area contributed by atoms with Crippen molar-refractivity contribution < 1.29 is 4.79 Å². The Labute approximate surface area is 111 Å². The van der Waals surface area contributed by atoms with E-state index in [-0.39, 0.29) is 5.91 Å². The molecular weight excluding hydrogens is 226 g/mol. The van der Waals surface area contributed by atoms with E-state index < -0.39 is 0 Å². The average molecular weight is 255 g/mol. The van der Waals surface area contributed by atoms with Crippen LogP contribution in [0.3, 0.4) is 0 Å². The van der Waals surface area contributed by atoms with Crippen molar-refractivity contribution in [1.29, 1.82) is 0 Å². The number of nitrogens with one attached hydrogen (secondary N) is 2. The van der Waals surface area contributed by atoms with Gasteiger partial charge in [-0.25, -0.2) is 0 Å². The Hall–Kier alpha value is -0.610. The number of rotatable bonds is 8. The summed E-state index contributed by atoms with van der Waals surface area (Å²) in [5, 5.41) is 6.39. The molecule has 0 bridgehead atoms. The lowest BCUT2D eigenvalue weighted by Gasteiger charge is -2.27. The summed E-state index contributed by atoms with van der Waals surface area (Å²) in [6.45, 7) is 10.7. The van der Waals surface area contributed by atoms with Gasteiger partial charge in [0.05, 0.1) is 0 Å². The van der Waals surface area contributed by atoms with Crippen LogP contribution in [0.2, 0.25) is 0 Å². The van der Waals surface area contributed by atoms with Gasteiger partial charge in [-0.2, -0.15) is 0 Å². The molecule has 0 aromatic heterocycles. The first-order valence-electron chi connectivity index (χ1n) is 7.46. The van der Waals surface area contributed by atoms with Crippen molar-refractivity contribution in [2.24, 2.45) is 5.92 Å². The zero-order valence-corrected chi connectivity index (χ0v) is 12.0. The van der Waals surface area contributed by atoms with E-state index in [1.807, 2.05) is 0 Å². The zero-order valence-electron chi connectivity index (χ0n) is 12.0. The lowest BCUT2D eigenvalue weighted by Crippen LogP contribution is -2.44. The second-order valence-electron chi connectivity index (χ2n) is 5.18. The van der Waals surface area contributed by atoms with E-state index in [2.05, 4.69) is 29.4 Å². The SMILES string of the molecule is CCC(CC)CC(=O)NCCCN1CCNCC1. The van der Waals surface area contributed by atoms with E-state index in [1.165, 1.54) is 0 Å². The van der Waals surface area contributed by atoms with Gasteiger partial charge in [0.15, 0.2) is 0 Å². The smallest absolute Gasteiger partial charge is 0.220 e. The Morgan fingerprint density at radius 1 is 1.28 bits per heavy atom. The third kappa shape index (κ3) is 6.36. The minimum absolute atomic E-state index is 0.226. The molecule has 0 spiro atoms. The first-order valence-corrected chi connectivity index (χ1v) is 7.46. The number of hydrogen-bond acceptors (Lipinski definition) is 3. The van der Waals surface area contributed by atoms with Crippen LogP contribution in [-0.4, -0.2) is 50.1 Å². The van der Waals surface area contributed by atoms with E-state index in [9.17, 15) is 4.79 Å². The van der Waals surface area contributed by atoms with Gasteiger partial charge in [0, 0.05) is 39.1 Å². The number of amides is 1. The maximum atomic E-state index is 11.7. The van der Waals surface area contributed by atoms with Gasteiger partial charge in [0.1, 0.15) is 0 Å². The highest BCUT2D eigenvalue weighted by molar-refractivity contribution is 5.76. The second kappa shape index (κ2) is 9.34. The van der Waals surface area contributed by atoms with Gasteiger partial charge < -0.3 is 15.5 Å². The molecule has 0 saturated carbocycles. The lowest BCUT2D eigenvalue weighted by atomic mass is 9.99. The Kier molecular flexibility index (Phi) is 8.01. The molecule has 4 nitrogen and oxygen atoms in total. The standard InChI is InChI=1S/C14H29N3O/c1-3-13(4-2)12-14(18)16-6-5-9-17-10-7-15-8-11-17/h13,15H,3-12H2,1-2H3,(H,16,18). The summed E-state index contributed by atoms with van der Waals surface area (Å²) in [4.78, 5) is 14.1. The van der Waals surface area contributed by atoms with Crippen molar-refractivity contribution in [3.63, 3.8) is 0 Å². The largest absolute Gasteiger partial charge is 0.356 e. The van der Waals surface area contributed by atoms with E-state index in [1.54, 1.807) is 0 Å². The van der Waals surface area contributed by atoms with Crippen LogP contribution in [0, 0.1) is 5.92 Å². The molecule has 106 valence electrons. The number of carbonyl (C=O) groups is 1. The molecule has 1 amide bonds. The van der Waals surface area contributed by atoms with Crippen molar-refractivity contribution in [1.82, 2.24) is 15.5 Å². The average Bonchev–Trinajstić information content (AvgIpc) is 2.42. The molecule has 1 aliphatic rings. The van der Waals surface area contributed by atoms with Crippen molar-refractivity contribution in [2.75, 3.05) is 39.3 Å². The number of hydrogen-bond donors (Lipinski definition) is 2. The quantitative estimate of drug-likeness (QED) is 0.641. The maximum Gasteiger partial charge on any atom is 0.220 e. The number of piperazine rings is 1. The summed E-state index contributed by atoms with van der Waals surface area (Å²) in [6, 6.07) is 0. The van der Waals surface area contributed by atoms with Crippen LogP contribution in [0.5, 0.6) is 0 Å². The Morgan fingerprint density at radius 2 is 1.94 bits per heavy atom. The fourth-order valence-electron chi connectivity index (χ4n) is 2.38. The van der Waals surface area contributed by atoms with Gasteiger partial charge >= 0.3 is 0 Å². The molecular formula is C14H29N3O. The van der Waals surface area contributed by atoms with Gasteiger partial charge in [-0.1, -0.05) is 26.7 Å². The molecule has 4 heteroatoms. The number of nitrogens with zero attached hydrogens (tertiary/aromatic N) is 1. The minimum Gasteiger partial charge on any atom is -0.356 e. The molecule has 0 radical (unpaired) electrons. The molecule has 0 unspecified atom stereocenters. The van der Waals surface area contributed by atoms with Gasteiger partial charge in [0.2, 0.25) is 5.91 Å². The Balaban J connectivity index is 2.01. The molecule has 0 aliphatic carbocycles.